The van der Waals surface area contributed by atoms with Crippen molar-refractivity contribution >= 4 is 40.9 Å². The van der Waals surface area contributed by atoms with E-state index in [4.69, 9.17) is 18.0 Å². The van der Waals surface area contributed by atoms with Crippen molar-refractivity contribution in [3.63, 3.8) is 0 Å². The summed E-state index contributed by atoms with van der Waals surface area (Å²) in [4.78, 5) is 21.7. The number of non-ortho nitro benzene ring substituents is 1. The Kier molecular flexibility index (Phi) is 6.22. The maximum Gasteiger partial charge on any atom is 0.335 e. The van der Waals surface area contributed by atoms with E-state index >= 15 is 0 Å². The van der Waals surface area contributed by atoms with E-state index in [1.807, 2.05) is 0 Å². The molecule has 0 unspecified atom stereocenters. The van der Waals surface area contributed by atoms with Gasteiger partial charge in [-0.05, 0) is 42.0 Å². The summed E-state index contributed by atoms with van der Waals surface area (Å²) in [6, 6.07) is 16.6. The number of hydrazone groups is 1. The number of nitrogens with zero attached hydrogens (tertiary/aromatic N) is 3. The number of anilines is 1. The van der Waals surface area contributed by atoms with Gasteiger partial charge >= 0.3 is 5.97 Å². The highest BCUT2D eigenvalue weighted by Crippen LogP contribution is 2.33. The van der Waals surface area contributed by atoms with E-state index in [1.54, 1.807) is 30.3 Å². The number of hydrogen-bond donors (Lipinski definition) is 3. The van der Waals surface area contributed by atoms with E-state index in [-0.39, 0.29) is 22.1 Å². The molecule has 0 heterocycles. The number of phenols is 1. The molecular formula is C21H16N4O5S. The van der Waals surface area contributed by atoms with Crippen LogP contribution in [0.4, 0.5) is 11.4 Å². The van der Waals surface area contributed by atoms with Crippen molar-refractivity contribution in [2.45, 2.75) is 0 Å². The Morgan fingerprint density at radius 3 is 2.52 bits per heavy atom. The number of nitro groups is 1. The summed E-state index contributed by atoms with van der Waals surface area (Å²) in [6.45, 7) is 0. The molecule has 0 amide bonds. The number of carbonyl (C=O) groups is 1. The van der Waals surface area contributed by atoms with E-state index in [0.717, 1.165) is 5.01 Å². The highest BCUT2D eigenvalue weighted by Gasteiger charge is 2.14. The van der Waals surface area contributed by atoms with Gasteiger partial charge in [0, 0.05) is 23.3 Å². The topological polar surface area (TPSA) is 142 Å². The first-order valence-corrected chi connectivity index (χ1v) is 9.22. The van der Waals surface area contributed by atoms with Crippen molar-refractivity contribution in [1.82, 2.24) is 0 Å². The third-order valence-electron chi connectivity index (χ3n) is 4.29. The fourth-order valence-corrected chi connectivity index (χ4v) is 2.98. The van der Waals surface area contributed by atoms with Gasteiger partial charge in [0.15, 0.2) is 5.11 Å². The maximum atomic E-state index is 11.2. The van der Waals surface area contributed by atoms with Crippen LogP contribution in [0.15, 0.2) is 71.8 Å². The number of para-hydroxylation sites is 1. The summed E-state index contributed by atoms with van der Waals surface area (Å²) in [7, 11) is 0. The second kappa shape index (κ2) is 9.01. The van der Waals surface area contributed by atoms with E-state index in [1.165, 1.54) is 42.6 Å². The van der Waals surface area contributed by atoms with Crippen LogP contribution in [0.25, 0.3) is 11.1 Å². The lowest BCUT2D eigenvalue weighted by molar-refractivity contribution is -0.384. The molecule has 3 aromatic carbocycles. The molecule has 0 aliphatic carbocycles. The Hall–Kier alpha value is -4.31. The molecule has 0 bridgehead atoms. The van der Waals surface area contributed by atoms with Crippen LogP contribution in [0.2, 0.25) is 0 Å². The molecule has 3 rings (SSSR count). The highest BCUT2D eigenvalue weighted by atomic mass is 32.1. The summed E-state index contributed by atoms with van der Waals surface area (Å²) in [5, 5.41) is 36.1. The molecule has 0 radical (unpaired) electrons. The Labute approximate surface area is 181 Å². The van der Waals surface area contributed by atoms with Gasteiger partial charge in [0.1, 0.15) is 5.75 Å². The Bertz CT molecular complexity index is 1210. The number of carboxylic acid groups (broad SMARTS) is 1. The standard InChI is InChI=1S/C21H16N4O5S/c22-21(31)24(16-7-2-5-14(11-16)20(27)28)23-12-15-6-3-9-18(19(15)26)13-4-1-8-17(10-13)25(29)30/h1-12,26H,(H2,22,31)(H,27,28). The van der Waals surface area contributed by atoms with Crippen molar-refractivity contribution < 1.29 is 19.9 Å². The number of hydrogen-bond acceptors (Lipinski definition) is 6. The number of aromatic hydroxyl groups is 1. The Morgan fingerprint density at radius 1 is 1.13 bits per heavy atom. The Balaban J connectivity index is 1.98. The minimum Gasteiger partial charge on any atom is -0.507 e. The van der Waals surface area contributed by atoms with Gasteiger partial charge in [-0.3, -0.25) is 10.1 Å². The molecule has 0 atom stereocenters. The van der Waals surface area contributed by atoms with Crippen molar-refractivity contribution in [3.05, 3.63) is 88.0 Å². The summed E-state index contributed by atoms with van der Waals surface area (Å²) in [5.74, 6) is -1.26. The minimum atomic E-state index is -1.11. The lowest BCUT2D eigenvalue weighted by Gasteiger charge is -2.17. The van der Waals surface area contributed by atoms with Gasteiger partial charge in [-0.25, -0.2) is 9.80 Å². The molecule has 9 nitrogen and oxygen atoms in total. The lowest BCUT2D eigenvalue weighted by atomic mass is 10.0. The van der Waals surface area contributed by atoms with E-state index in [9.17, 15) is 25.1 Å². The number of benzene rings is 3. The van der Waals surface area contributed by atoms with Gasteiger partial charge in [0.05, 0.1) is 22.4 Å². The fraction of sp³-hybridized carbons (Fsp3) is 0. The SMILES string of the molecule is NC(=S)N(N=Cc1cccc(-c2cccc([N+](=O)[O-])c2)c1O)c1cccc(C(=O)O)c1. The molecule has 0 aliphatic heterocycles. The zero-order valence-electron chi connectivity index (χ0n) is 15.9. The fourth-order valence-electron chi connectivity index (χ4n) is 2.83. The van der Waals surface area contributed by atoms with Crippen molar-refractivity contribution in [2.24, 2.45) is 10.8 Å². The van der Waals surface area contributed by atoms with E-state index in [0.29, 0.717) is 22.4 Å². The zero-order valence-corrected chi connectivity index (χ0v) is 16.7. The van der Waals surface area contributed by atoms with Crippen LogP contribution in [-0.4, -0.2) is 32.4 Å². The van der Waals surface area contributed by atoms with Crippen molar-refractivity contribution in [2.75, 3.05) is 5.01 Å². The normalized spacial score (nSPS) is 10.7. The molecule has 0 fully saturated rings. The number of rotatable bonds is 6. The van der Waals surface area contributed by atoms with Gasteiger partial charge in [0.25, 0.3) is 5.69 Å². The van der Waals surface area contributed by atoms with Crippen LogP contribution in [0, 0.1) is 10.1 Å². The van der Waals surface area contributed by atoms with Gasteiger partial charge < -0.3 is 15.9 Å². The van der Waals surface area contributed by atoms with Gasteiger partial charge in [-0.15, -0.1) is 0 Å². The summed E-state index contributed by atoms with van der Waals surface area (Å²) < 4.78 is 0. The second-order valence-electron chi connectivity index (χ2n) is 6.30. The molecule has 0 aliphatic rings. The van der Waals surface area contributed by atoms with Crippen LogP contribution in [0.3, 0.4) is 0 Å². The molecule has 3 aromatic rings. The number of nitrogens with two attached hydrogens (primary N) is 1. The number of aromatic carboxylic acids is 1. The monoisotopic (exact) mass is 436 g/mol. The summed E-state index contributed by atoms with van der Waals surface area (Å²) in [6.07, 6.45) is 1.31. The summed E-state index contributed by atoms with van der Waals surface area (Å²) in [5.41, 5.74) is 7.14. The van der Waals surface area contributed by atoms with Gasteiger partial charge in [0.2, 0.25) is 0 Å². The van der Waals surface area contributed by atoms with Gasteiger partial charge in [-0.1, -0.05) is 30.3 Å². The third kappa shape index (κ3) is 4.82. The number of phenolic OH excluding ortho intramolecular Hbond substituents is 1. The molecular weight excluding hydrogens is 420 g/mol. The predicted molar refractivity (Wildman–Crippen MR) is 120 cm³/mol. The molecule has 4 N–H and O–H groups in total. The average molecular weight is 436 g/mol. The molecule has 0 spiro atoms. The lowest BCUT2D eigenvalue weighted by Crippen LogP contribution is -2.31. The molecule has 156 valence electrons. The van der Waals surface area contributed by atoms with Crippen LogP contribution in [0.1, 0.15) is 15.9 Å². The third-order valence-corrected chi connectivity index (χ3v) is 4.47. The Morgan fingerprint density at radius 2 is 1.84 bits per heavy atom. The minimum absolute atomic E-state index is 0.0319. The highest BCUT2D eigenvalue weighted by molar-refractivity contribution is 7.80. The zero-order chi connectivity index (χ0) is 22.5. The quantitative estimate of drug-likeness (QED) is 0.229. The van der Waals surface area contributed by atoms with Crippen LogP contribution >= 0.6 is 12.2 Å². The first-order valence-electron chi connectivity index (χ1n) is 8.81. The maximum absolute atomic E-state index is 11.2. The number of thiocarbonyl (C=S) groups is 1. The molecule has 10 heteroatoms. The second-order valence-corrected chi connectivity index (χ2v) is 6.72. The number of carboxylic acids is 1. The summed E-state index contributed by atoms with van der Waals surface area (Å²) >= 11 is 5.01. The van der Waals surface area contributed by atoms with Crippen LogP contribution < -0.4 is 10.7 Å². The van der Waals surface area contributed by atoms with Crippen LogP contribution in [0.5, 0.6) is 5.75 Å². The van der Waals surface area contributed by atoms with Crippen LogP contribution in [-0.2, 0) is 0 Å². The predicted octanol–water partition coefficient (Wildman–Crippen LogP) is 3.75. The van der Waals surface area contributed by atoms with Crippen molar-refractivity contribution in [1.29, 1.82) is 0 Å². The average Bonchev–Trinajstić information content (AvgIpc) is 2.75. The number of nitro benzene ring substituents is 1. The first kappa shape index (κ1) is 21.4. The van der Waals surface area contributed by atoms with Crippen molar-refractivity contribution in [3.8, 4) is 16.9 Å². The molecule has 0 saturated heterocycles. The first-order chi connectivity index (χ1) is 14.8. The largest absolute Gasteiger partial charge is 0.507 e. The van der Waals surface area contributed by atoms with E-state index in [2.05, 4.69) is 5.10 Å². The smallest absolute Gasteiger partial charge is 0.335 e. The molecule has 0 aromatic heterocycles. The van der Waals surface area contributed by atoms with Gasteiger partial charge in [-0.2, -0.15) is 5.10 Å². The van der Waals surface area contributed by atoms with E-state index < -0.39 is 10.9 Å². The molecule has 0 saturated carbocycles. The molecule has 31 heavy (non-hydrogen) atoms.